The number of para-hydroxylation sites is 1. The zero-order valence-corrected chi connectivity index (χ0v) is 14.6. The van der Waals surface area contributed by atoms with Crippen LogP contribution in [-0.4, -0.2) is 45.3 Å². The average molecular weight is 342 g/mol. The Morgan fingerprint density at radius 2 is 1.72 bits per heavy atom. The van der Waals surface area contributed by atoms with Crippen molar-refractivity contribution < 1.29 is 19.0 Å². The van der Waals surface area contributed by atoms with Crippen LogP contribution in [0.4, 0.5) is 5.69 Å². The Morgan fingerprint density at radius 3 is 2.36 bits per heavy atom. The molecule has 0 aromatic heterocycles. The van der Waals surface area contributed by atoms with Gasteiger partial charge in [0.25, 0.3) is 5.91 Å². The number of nitrogens with one attached hydrogen (secondary N) is 1. The van der Waals surface area contributed by atoms with E-state index >= 15 is 0 Å². The van der Waals surface area contributed by atoms with E-state index < -0.39 is 0 Å². The van der Waals surface area contributed by atoms with Crippen LogP contribution in [-0.2, 0) is 4.74 Å². The van der Waals surface area contributed by atoms with Crippen molar-refractivity contribution in [3.8, 4) is 11.5 Å². The third-order valence-electron chi connectivity index (χ3n) is 4.25. The number of benzene rings is 2. The Bertz CT molecular complexity index is 741. The van der Waals surface area contributed by atoms with Gasteiger partial charge in [-0.05, 0) is 24.3 Å². The lowest BCUT2D eigenvalue weighted by Crippen LogP contribution is -2.44. The number of hydrogen-bond donors (Lipinski definition) is 1. The van der Waals surface area contributed by atoms with E-state index in [1.54, 1.807) is 26.2 Å². The summed E-state index contributed by atoms with van der Waals surface area (Å²) < 4.78 is 15.9. The van der Waals surface area contributed by atoms with Crippen LogP contribution >= 0.6 is 0 Å². The molecule has 0 saturated carbocycles. The smallest absolute Gasteiger partial charge is 0.257 e. The van der Waals surface area contributed by atoms with E-state index in [1.807, 2.05) is 42.5 Å². The van der Waals surface area contributed by atoms with E-state index in [2.05, 4.69) is 5.32 Å². The maximum atomic E-state index is 13.0. The molecule has 1 N–H and O–H groups in total. The van der Waals surface area contributed by atoms with Gasteiger partial charge in [0.2, 0.25) is 0 Å². The third-order valence-corrected chi connectivity index (χ3v) is 4.25. The van der Waals surface area contributed by atoms with Crippen molar-refractivity contribution >= 4 is 11.6 Å². The Labute approximate surface area is 147 Å². The monoisotopic (exact) mass is 342 g/mol. The summed E-state index contributed by atoms with van der Waals surface area (Å²) in [4.78, 5) is 14.7. The molecule has 1 aliphatic rings. The number of nitrogens with zero attached hydrogens (tertiary/aromatic N) is 1. The van der Waals surface area contributed by atoms with Crippen molar-refractivity contribution in [1.82, 2.24) is 4.90 Å². The topological polar surface area (TPSA) is 60.0 Å². The number of amides is 1. The molecule has 2 aromatic rings. The van der Waals surface area contributed by atoms with Crippen LogP contribution in [0.15, 0.2) is 42.5 Å². The maximum Gasteiger partial charge on any atom is 0.257 e. The van der Waals surface area contributed by atoms with Gasteiger partial charge >= 0.3 is 0 Å². The van der Waals surface area contributed by atoms with Gasteiger partial charge in [0.1, 0.15) is 17.7 Å². The molecule has 6 nitrogen and oxygen atoms in total. The number of anilines is 1. The number of fused-ring (bicyclic) bond motifs is 1. The predicted molar refractivity (Wildman–Crippen MR) is 95.3 cm³/mol. The second-order valence-corrected chi connectivity index (χ2v) is 5.73. The number of rotatable bonds is 6. The van der Waals surface area contributed by atoms with E-state index in [4.69, 9.17) is 14.2 Å². The summed E-state index contributed by atoms with van der Waals surface area (Å²) in [5.74, 6) is 1.32. The van der Waals surface area contributed by atoms with Crippen molar-refractivity contribution in [3.05, 3.63) is 53.6 Å². The molecule has 0 saturated heterocycles. The van der Waals surface area contributed by atoms with Gasteiger partial charge in [-0.25, -0.2) is 0 Å². The first-order chi connectivity index (χ1) is 12.2. The van der Waals surface area contributed by atoms with Gasteiger partial charge in [-0.3, -0.25) is 4.79 Å². The van der Waals surface area contributed by atoms with Gasteiger partial charge in [-0.2, -0.15) is 0 Å². The molecular formula is C19H22N2O4. The number of hydrogen-bond acceptors (Lipinski definition) is 5. The Morgan fingerprint density at radius 1 is 1.04 bits per heavy atom. The lowest BCUT2D eigenvalue weighted by molar-refractivity contribution is 0.0609. The van der Waals surface area contributed by atoms with Gasteiger partial charge < -0.3 is 24.4 Å². The van der Waals surface area contributed by atoms with Gasteiger partial charge in [0.05, 0.1) is 26.4 Å². The Balaban J connectivity index is 2.04. The summed E-state index contributed by atoms with van der Waals surface area (Å²) in [6, 6.07) is 13.1. The first kappa shape index (κ1) is 17.1. The first-order valence-electron chi connectivity index (χ1n) is 8.06. The van der Waals surface area contributed by atoms with Crippen LogP contribution in [0.3, 0.4) is 0 Å². The minimum Gasteiger partial charge on any atom is -0.497 e. The number of methoxy groups -OCH3 is 3. The van der Waals surface area contributed by atoms with E-state index in [0.717, 1.165) is 11.3 Å². The van der Waals surface area contributed by atoms with Crippen LogP contribution in [0.1, 0.15) is 22.1 Å². The molecule has 1 amide bonds. The quantitative estimate of drug-likeness (QED) is 0.875. The molecule has 0 bridgehead atoms. The highest BCUT2D eigenvalue weighted by Crippen LogP contribution is 2.35. The summed E-state index contributed by atoms with van der Waals surface area (Å²) in [7, 11) is 4.84. The Hall–Kier alpha value is -2.73. The van der Waals surface area contributed by atoms with E-state index in [0.29, 0.717) is 30.2 Å². The Kier molecular flexibility index (Phi) is 5.09. The van der Waals surface area contributed by atoms with Gasteiger partial charge in [-0.1, -0.05) is 12.1 Å². The molecule has 2 aromatic carbocycles. The van der Waals surface area contributed by atoms with Gasteiger partial charge in [0, 0.05) is 31.0 Å². The number of ether oxygens (including phenoxy) is 3. The lowest BCUT2D eigenvalue weighted by Gasteiger charge is -2.38. The fraction of sp³-hybridized carbons (Fsp3) is 0.316. The molecule has 0 radical (unpaired) electrons. The second-order valence-electron chi connectivity index (χ2n) is 5.73. The summed E-state index contributed by atoms with van der Waals surface area (Å²) >= 11 is 0. The molecule has 1 heterocycles. The fourth-order valence-corrected chi connectivity index (χ4v) is 2.96. The molecule has 3 rings (SSSR count). The highest BCUT2D eigenvalue weighted by molar-refractivity contribution is 6.01. The maximum absolute atomic E-state index is 13.0. The third kappa shape index (κ3) is 3.39. The molecule has 6 heteroatoms. The van der Waals surface area contributed by atoms with Crippen LogP contribution in [0.2, 0.25) is 0 Å². The van der Waals surface area contributed by atoms with E-state index in [-0.39, 0.29) is 12.1 Å². The molecule has 1 aliphatic heterocycles. The molecule has 132 valence electrons. The lowest BCUT2D eigenvalue weighted by atomic mass is 10.0. The van der Waals surface area contributed by atoms with Crippen LogP contribution in [0.5, 0.6) is 11.5 Å². The first-order valence-corrected chi connectivity index (χ1v) is 8.06. The summed E-state index contributed by atoms with van der Waals surface area (Å²) in [6.45, 7) is 0.925. The van der Waals surface area contributed by atoms with Crippen LogP contribution in [0.25, 0.3) is 0 Å². The van der Waals surface area contributed by atoms with Crippen LogP contribution in [0, 0.1) is 0 Å². The van der Waals surface area contributed by atoms with E-state index in [9.17, 15) is 4.79 Å². The number of carbonyl (C=O) groups excluding carboxylic acids is 1. The highest BCUT2D eigenvalue weighted by atomic mass is 16.5. The summed E-state index contributed by atoms with van der Waals surface area (Å²) in [5.41, 5.74) is 2.35. The number of carbonyl (C=O) groups is 1. The van der Waals surface area contributed by atoms with Gasteiger partial charge in [-0.15, -0.1) is 0 Å². The zero-order chi connectivity index (χ0) is 17.8. The summed E-state index contributed by atoms with van der Waals surface area (Å²) in [5, 5.41) is 3.44. The van der Waals surface area contributed by atoms with Crippen molar-refractivity contribution in [2.24, 2.45) is 0 Å². The highest BCUT2D eigenvalue weighted by Gasteiger charge is 2.33. The van der Waals surface area contributed by atoms with Crippen molar-refractivity contribution in [1.29, 1.82) is 0 Å². The standard InChI is InChI=1S/C19H22N2O4/c1-23-9-8-21-18(13-10-14(24-2)12-15(11-13)25-3)20-17-7-5-4-6-16(17)19(21)22/h4-7,10-12,18,20H,8-9H2,1-3H3. The van der Waals surface area contributed by atoms with Crippen molar-refractivity contribution in [2.45, 2.75) is 6.17 Å². The molecule has 25 heavy (non-hydrogen) atoms. The van der Waals surface area contributed by atoms with Gasteiger partial charge in [0.15, 0.2) is 0 Å². The SMILES string of the molecule is COCCN1C(=O)c2ccccc2NC1c1cc(OC)cc(OC)c1. The molecule has 0 aliphatic carbocycles. The molecular weight excluding hydrogens is 320 g/mol. The van der Waals surface area contributed by atoms with Crippen molar-refractivity contribution in [2.75, 3.05) is 39.8 Å². The minimum absolute atomic E-state index is 0.0295. The summed E-state index contributed by atoms with van der Waals surface area (Å²) in [6.07, 6.45) is -0.332. The van der Waals surface area contributed by atoms with E-state index in [1.165, 1.54) is 0 Å². The molecule has 1 unspecified atom stereocenters. The molecule has 0 fully saturated rings. The fourth-order valence-electron chi connectivity index (χ4n) is 2.96. The minimum atomic E-state index is -0.332. The van der Waals surface area contributed by atoms with Crippen molar-refractivity contribution in [3.63, 3.8) is 0 Å². The second kappa shape index (κ2) is 7.44. The average Bonchev–Trinajstić information content (AvgIpc) is 2.66. The molecule has 0 spiro atoms. The zero-order valence-electron chi connectivity index (χ0n) is 14.6. The molecule has 1 atom stereocenters. The van der Waals surface area contributed by atoms with Crippen LogP contribution < -0.4 is 14.8 Å². The normalized spacial score (nSPS) is 16.2. The largest absolute Gasteiger partial charge is 0.497 e. The predicted octanol–water partition coefficient (Wildman–Crippen LogP) is 2.92.